The molecule has 0 spiro atoms. The minimum Gasteiger partial charge on any atom is -0.462 e. The molecule has 0 radical (unpaired) electrons. The van der Waals surface area contributed by atoms with E-state index in [0.717, 1.165) is 63.7 Å². The minimum atomic E-state index is -0.762. The van der Waals surface area contributed by atoms with Gasteiger partial charge in [-0.3, -0.25) is 14.4 Å². The predicted octanol–water partition coefficient (Wildman–Crippen LogP) is 20.6. The van der Waals surface area contributed by atoms with Gasteiger partial charge in [-0.05, 0) is 25.2 Å². The number of rotatable bonds is 57. The molecule has 0 amide bonds. The Morgan fingerprint density at radius 1 is 0.279 bits per heavy atom. The predicted molar refractivity (Wildman–Crippen MR) is 293 cm³/mol. The average Bonchev–Trinajstić information content (AvgIpc) is 3.32. The maximum atomic E-state index is 12.9. The molecule has 0 aliphatic heterocycles. The molecular formula is C62H120O6. The summed E-state index contributed by atoms with van der Waals surface area (Å²) in [6.45, 7) is 9.08. The van der Waals surface area contributed by atoms with Gasteiger partial charge in [0.1, 0.15) is 13.2 Å². The molecule has 0 saturated carbocycles. The molecule has 0 aliphatic rings. The van der Waals surface area contributed by atoms with E-state index in [0.29, 0.717) is 19.3 Å². The summed E-state index contributed by atoms with van der Waals surface area (Å²) >= 11 is 0. The van der Waals surface area contributed by atoms with Crippen molar-refractivity contribution >= 4 is 17.9 Å². The lowest BCUT2D eigenvalue weighted by Gasteiger charge is -2.18. The Bertz CT molecular complexity index is 1030. The van der Waals surface area contributed by atoms with Crippen molar-refractivity contribution in [2.45, 2.75) is 361 Å². The quantitative estimate of drug-likeness (QED) is 0.0343. The van der Waals surface area contributed by atoms with Crippen LogP contribution >= 0.6 is 0 Å². The van der Waals surface area contributed by atoms with Crippen LogP contribution in [0.4, 0.5) is 0 Å². The summed E-state index contributed by atoms with van der Waals surface area (Å²) in [5.74, 6) is 0.0145. The zero-order valence-corrected chi connectivity index (χ0v) is 46.6. The third-order valence-electron chi connectivity index (χ3n) is 14.3. The molecule has 0 aromatic carbocycles. The van der Waals surface area contributed by atoms with Crippen molar-refractivity contribution in [3.63, 3.8) is 0 Å². The fourth-order valence-electron chi connectivity index (χ4n) is 9.63. The molecule has 0 N–H and O–H groups in total. The van der Waals surface area contributed by atoms with Gasteiger partial charge in [0.15, 0.2) is 6.10 Å². The first-order valence-corrected chi connectivity index (χ1v) is 30.9. The number of unbranched alkanes of at least 4 members (excludes halogenated alkanes) is 44. The van der Waals surface area contributed by atoms with E-state index in [9.17, 15) is 14.4 Å². The van der Waals surface area contributed by atoms with Gasteiger partial charge >= 0.3 is 17.9 Å². The van der Waals surface area contributed by atoms with Crippen molar-refractivity contribution < 1.29 is 28.6 Å². The molecule has 6 nitrogen and oxygen atoms in total. The molecule has 1 atom stereocenters. The lowest BCUT2D eigenvalue weighted by Crippen LogP contribution is -2.30. The first kappa shape index (κ1) is 66.4. The van der Waals surface area contributed by atoms with E-state index in [1.54, 1.807) is 0 Å². The molecule has 6 heteroatoms. The van der Waals surface area contributed by atoms with E-state index >= 15 is 0 Å². The number of hydrogen-bond acceptors (Lipinski definition) is 6. The lowest BCUT2D eigenvalue weighted by atomic mass is 10.0. The van der Waals surface area contributed by atoms with Crippen molar-refractivity contribution in [2.75, 3.05) is 13.2 Å². The number of hydrogen-bond donors (Lipinski definition) is 0. The van der Waals surface area contributed by atoms with E-state index in [2.05, 4.69) is 27.7 Å². The highest BCUT2D eigenvalue weighted by Gasteiger charge is 2.19. The number of ether oxygens (including phenoxy) is 3. The Morgan fingerprint density at radius 2 is 0.485 bits per heavy atom. The van der Waals surface area contributed by atoms with Crippen molar-refractivity contribution in [3.05, 3.63) is 0 Å². The second-order valence-corrected chi connectivity index (χ2v) is 21.8. The Balaban J connectivity index is 4.26. The zero-order valence-electron chi connectivity index (χ0n) is 46.6. The van der Waals surface area contributed by atoms with Gasteiger partial charge < -0.3 is 14.2 Å². The molecule has 68 heavy (non-hydrogen) atoms. The minimum absolute atomic E-state index is 0.0613. The summed E-state index contributed by atoms with van der Waals surface area (Å²) in [6.07, 6.45) is 62.4. The summed E-state index contributed by atoms with van der Waals surface area (Å²) in [6, 6.07) is 0. The smallest absolute Gasteiger partial charge is 0.306 e. The molecule has 0 unspecified atom stereocenters. The second-order valence-electron chi connectivity index (χ2n) is 21.8. The normalized spacial score (nSPS) is 12.0. The van der Waals surface area contributed by atoms with Crippen molar-refractivity contribution in [2.24, 2.45) is 5.92 Å². The molecule has 0 fully saturated rings. The number of carbonyl (C=O) groups is 3. The third kappa shape index (κ3) is 55.3. The zero-order chi connectivity index (χ0) is 49.5. The second kappa shape index (κ2) is 56.3. The lowest BCUT2D eigenvalue weighted by molar-refractivity contribution is -0.167. The first-order chi connectivity index (χ1) is 33.4. The maximum Gasteiger partial charge on any atom is 0.306 e. The van der Waals surface area contributed by atoms with E-state index in [1.165, 1.54) is 250 Å². The van der Waals surface area contributed by atoms with Crippen molar-refractivity contribution in [3.8, 4) is 0 Å². The van der Waals surface area contributed by atoms with Crippen LogP contribution in [-0.2, 0) is 28.6 Å². The van der Waals surface area contributed by atoms with Gasteiger partial charge in [0.2, 0.25) is 0 Å². The Labute approximate surface area is 425 Å². The van der Waals surface area contributed by atoms with Crippen LogP contribution in [0, 0.1) is 5.92 Å². The molecule has 0 saturated heterocycles. The fourth-order valence-corrected chi connectivity index (χ4v) is 9.63. The van der Waals surface area contributed by atoms with E-state index < -0.39 is 6.10 Å². The highest BCUT2D eigenvalue weighted by molar-refractivity contribution is 5.71. The summed E-state index contributed by atoms with van der Waals surface area (Å²) < 4.78 is 16.9. The van der Waals surface area contributed by atoms with Gasteiger partial charge in [0.25, 0.3) is 0 Å². The van der Waals surface area contributed by atoms with Crippen LogP contribution in [0.1, 0.15) is 355 Å². The van der Waals surface area contributed by atoms with Gasteiger partial charge in [-0.15, -0.1) is 0 Å². The summed E-state index contributed by atoms with van der Waals surface area (Å²) in [5.41, 5.74) is 0. The number of esters is 3. The van der Waals surface area contributed by atoms with Crippen LogP contribution in [-0.4, -0.2) is 37.2 Å². The van der Waals surface area contributed by atoms with Gasteiger partial charge in [-0.1, -0.05) is 317 Å². The largest absolute Gasteiger partial charge is 0.462 e. The standard InChI is InChI=1S/C62H120O6/c1-5-7-9-11-13-15-17-19-21-22-23-24-25-30-33-37-41-45-49-53-60(63)66-56-59(68-62(65)55-51-47-43-39-35-29-20-18-16-14-12-10-8-6-2)57-67-61(64)54-50-46-42-38-34-31-27-26-28-32-36-40-44-48-52-58(3)4/h58-59H,5-57H2,1-4H3/t59-/m1/s1. The molecule has 404 valence electrons. The molecule has 0 bridgehead atoms. The van der Waals surface area contributed by atoms with Crippen LogP contribution in [0.25, 0.3) is 0 Å². The molecule has 0 aromatic heterocycles. The highest BCUT2D eigenvalue weighted by Crippen LogP contribution is 2.18. The van der Waals surface area contributed by atoms with E-state index in [-0.39, 0.29) is 31.1 Å². The molecule has 0 aromatic rings. The Kier molecular flexibility index (Phi) is 55.0. The Hall–Kier alpha value is -1.59. The van der Waals surface area contributed by atoms with Crippen LogP contribution < -0.4 is 0 Å². The molecule has 0 heterocycles. The average molecular weight is 962 g/mol. The van der Waals surface area contributed by atoms with Crippen molar-refractivity contribution in [1.29, 1.82) is 0 Å². The van der Waals surface area contributed by atoms with Crippen LogP contribution in [0.3, 0.4) is 0 Å². The topological polar surface area (TPSA) is 78.9 Å². The molecule has 0 rings (SSSR count). The Morgan fingerprint density at radius 3 is 0.721 bits per heavy atom. The van der Waals surface area contributed by atoms with Crippen LogP contribution in [0.2, 0.25) is 0 Å². The summed E-state index contributed by atoms with van der Waals surface area (Å²) in [5, 5.41) is 0. The third-order valence-corrected chi connectivity index (χ3v) is 14.3. The van der Waals surface area contributed by atoms with Gasteiger partial charge in [-0.2, -0.15) is 0 Å². The first-order valence-electron chi connectivity index (χ1n) is 30.9. The van der Waals surface area contributed by atoms with E-state index in [4.69, 9.17) is 14.2 Å². The fraction of sp³-hybridized carbons (Fsp3) is 0.952. The monoisotopic (exact) mass is 961 g/mol. The number of carbonyl (C=O) groups excluding carboxylic acids is 3. The van der Waals surface area contributed by atoms with Crippen LogP contribution in [0.15, 0.2) is 0 Å². The molecule has 0 aliphatic carbocycles. The maximum absolute atomic E-state index is 12.9. The van der Waals surface area contributed by atoms with Crippen molar-refractivity contribution in [1.82, 2.24) is 0 Å². The van der Waals surface area contributed by atoms with E-state index in [1.807, 2.05) is 0 Å². The van der Waals surface area contributed by atoms with Crippen LogP contribution in [0.5, 0.6) is 0 Å². The van der Waals surface area contributed by atoms with Gasteiger partial charge in [-0.25, -0.2) is 0 Å². The van der Waals surface area contributed by atoms with Gasteiger partial charge in [0.05, 0.1) is 0 Å². The van der Waals surface area contributed by atoms with Gasteiger partial charge in [0, 0.05) is 19.3 Å². The summed E-state index contributed by atoms with van der Waals surface area (Å²) in [7, 11) is 0. The SMILES string of the molecule is CCCCCCCCCCCCCCCCCCCCCC(=O)OC[C@H](COC(=O)CCCCCCCCCCCCCCCCC(C)C)OC(=O)CCCCCCCCCCCCCCCC. The highest BCUT2D eigenvalue weighted by atomic mass is 16.6. The summed E-state index contributed by atoms with van der Waals surface area (Å²) in [4.78, 5) is 38.2. The molecular weight excluding hydrogens is 841 g/mol.